The minimum Gasteiger partial charge on any atom is -0.478 e. The van der Waals surface area contributed by atoms with E-state index in [1.165, 1.54) is 30.3 Å². The van der Waals surface area contributed by atoms with Gasteiger partial charge in [0.05, 0.1) is 21.3 Å². The zero-order chi connectivity index (χ0) is 15.6. The van der Waals surface area contributed by atoms with Crippen molar-refractivity contribution in [1.82, 2.24) is 4.98 Å². The Morgan fingerprint density at radius 1 is 1.05 bits per heavy atom. The van der Waals surface area contributed by atoms with Crippen LogP contribution in [-0.2, 0) is 0 Å². The molecule has 0 fully saturated rings. The van der Waals surface area contributed by atoms with Crippen LogP contribution in [0.15, 0.2) is 30.3 Å². The number of anilines is 1. The first-order valence-corrected chi connectivity index (χ1v) is 6.68. The second kappa shape index (κ2) is 6.30. The number of rotatable bonds is 3. The molecule has 0 aliphatic rings. The number of nitrogens with zero attached hydrogens (tertiary/aromatic N) is 1. The van der Waals surface area contributed by atoms with Gasteiger partial charge in [-0.05, 0) is 30.3 Å². The minimum absolute atomic E-state index is 0.0140. The number of carboxylic acid groups (broad SMARTS) is 1. The monoisotopic (exact) mass is 344 g/mol. The van der Waals surface area contributed by atoms with Gasteiger partial charge < -0.3 is 10.4 Å². The van der Waals surface area contributed by atoms with Crippen LogP contribution >= 0.6 is 34.8 Å². The highest BCUT2D eigenvalue weighted by Crippen LogP contribution is 2.25. The average molecular weight is 346 g/mol. The number of nitrogens with one attached hydrogen (secondary N) is 1. The molecule has 0 saturated heterocycles. The van der Waals surface area contributed by atoms with Gasteiger partial charge in [-0.1, -0.05) is 34.8 Å². The molecule has 0 aliphatic heterocycles. The Labute approximate surface area is 134 Å². The molecule has 0 bridgehead atoms. The Hall–Kier alpha value is -1.82. The first-order valence-electron chi connectivity index (χ1n) is 5.54. The summed E-state index contributed by atoms with van der Waals surface area (Å²) in [5.74, 6) is -1.78. The SMILES string of the molecule is O=C(O)c1ccc(Cl)c(NC(=O)c2nc(Cl)ccc2Cl)c1. The van der Waals surface area contributed by atoms with E-state index in [0.29, 0.717) is 0 Å². The molecular weight excluding hydrogens is 339 g/mol. The molecule has 0 spiro atoms. The molecule has 1 amide bonds. The van der Waals surface area contributed by atoms with Crippen molar-refractivity contribution in [2.75, 3.05) is 5.32 Å². The Kier molecular flexibility index (Phi) is 4.67. The van der Waals surface area contributed by atoms with Crippen molar-refractivity contribution in [3.63, 3.8) is 0 Å². The summed E-state index contributed by atoms with van der Waals surface area (Å²) in [7, 11) is 0. The number of aromatic carboxylic acids is 1. The highest BCUT2D eigenvalue weighted by Gasteiger charge is 2.15. The predicted octanol–water partition coefficient (Wildman–Crippen LogP) is 3.99. The molecule has 0 radical (unpaired) electrons. The van der Waals surface area contributed by atoms with E-state index in [9.17, 15) is 9.59 Å². The molecule has 1 aromatic carbocycles. The van der Waals surface area contributed by atoms with Crippen LogP contribution in [0.4, 0.5) is 5.69 Å². The number of hydrogen-bond donors (Lipinski definition) is 2. The number of carbonyl (C=O) groups is 2. The lowest BCUT2D eigenvalue weighted by atomic mass is 10.2. The summed E-state index contributed by atoms with van der Waals surface area (Å²) in [4.78, 5) is 26.8. The predicted molar refractivity (Wildman–Crippen MR) is 80.6 cm³/mol. The van der Waals surface area contributed by atoms with Gasteiger partial charge in [-0.3, -0.25) is 4.79 Å². The number of carbonyl (C=O) groups excluding carboxylic acids is 1. The first kappa shape index (κ1) is 15.6. The fraction of sp³-hybridized carbons (Fsp3) is 0. The maximum Gasteiger partial charge on any atom is 0.335 e. The molecule has 0 atom stereocenters. The van der Waals surface area contributed by atoms with E-state index < -0.39 is 11.9 Å². The molecule has 5 nitrogen and oxygen atoms in total. The molecule has 2 rings (SSSR count). The molecule has 0 aliphatic carbocycles. The lowest BCUT2D eigenvalue weighted by Crippen LogP contribution is -2.15. The Balaban J connectivity index is 2.33. The van der Waals surface area contributed by atoms with E-state index in [2.05, 4.69) is 10.3 Å². The topological polar surface area (TPSA) is 79.3 Å². The van der Waals surface area contributed by atoms with Gasteiger partial charge >= 0.3 is 5.97 Å². The summed E-state index contributed by atoms with van der Waals surface area (Å²) in [6.07, 6.45) is 0. The lowest BCUT2D eigenvalue weighted by Gasteiger charge is -2.09. The normalized spacial score (nSPS) is 10.2. The van der Waals surface area contributed by atoms with Crippen molar-refractivity contribution >= 4 is 52.4 Å². The highest BCUT2D eigenvalue weighted by molar-refractivity contribution is 6.36. The van der Waals surface area contributed by atoms with Crippen LogP contribution < -0.4 is 5.32 Å². The third-order valence-corrected chi connectivity index (χ3v) is 3.33. The van der Waals surface area contributed by atoms with Crippen LogP contribution in [0.3, 0.4) is 0 Å². The number of aromatic nitrogens is 1. The minimum atomic E-state index is -1.14. The van der Waals surface area contributed by atoms with Crippen LogP contribution in [-0.4, -0.2) is 22.0 Å². The standard InChI is InChI=1S/C13H7Cl3N2O3/c14-7-2-1-6(13(20)21)5-9(7)17-12(19)11-8(15)3-4-10(16)18-11/h1-5H,(H,17,19)(H,20,21). The maximum atomic E-state index is 12.1. The molecule has 8 heteroatoms. The summed E-state index contributed by atoms with van der Waals surface area (Å²) in [6, 6.07) is 6.80. The Bertz CT molecular complexity index is 735. The van der Waals surface area contributed by atoms with E-state index >= 15 is 0 Å². The van der Waals surface area contributed by atoms with Gasteiger partial charge in [0.15, 0.2) is 0 Å². The second-order valence-corrected chi connectivity index (χ2v) is 5.12. The lowest BCUT2D eigenvalue weighted by molar-refractivity contribution is 0.0696. The fourth-order valence-electron chi connectivity index (χ4n) is 1.51. The smallest absolute Gasteiger partial charge is 0.335 e. The van der Waals surface area contributed by atoms with Crippen LogP contribution in [0.1, 0.15) is 20.8 Å². The van der Waals surface area contributed by atoms with Crippen molar-refractivity contribution in [2.45, 2.75) is 0 Å². The third kappa shape index (κ3) is 3.64. The number of pyridine rings is 1. The second-order valence-electron chi connectivity index (χ2n) is 3.92. The molecular formula is C13H7Cl3N2O3. The molecule has 1 heterocycles. The summed E-state index contributed by atoms with van der Waals surface area (Å²) in [5.41, 5.74) is 0.0419. The van der Waals surface area contributed by atoms with Crippen LogP contribution in [0, 0.1) is 0 Å². The van der Waals surface area contributed by atoms with E-state index in [4.69, 9.17) is 39.9 Å². The number of benzene rings is 1. The van der Waals surface area contributed by atoms with Gasteiger partial charge in [0.1, 0.15) is 10.8 Å². The van der Waals surface area contributed by atoms with E-state index in [-0.39, 0.29) is 32.1 Å². The van der Waals surface area contributed by atoms with E-state index in [0.717, 1.165) is 0 Å². The van der Waals surface area contributed by atoms with Crippen LogP contribution in [0.5, 0.6) is 0 Å². The van der Waals surface area contributed by atoms with Crippen LogP contribution in [0.25, 0.3) is 0 Å². The van der Waals surface area contributed by atoms with Crippen molar-refractivity contribution in [2.24, 2.45) is 0 Å². The molecule has 21 heavy (non-hydrogen) atoms. The Morgan fingerprint density at radius 2 is 1.71 bits per heavy atom. The summed E-state index contributed by atoms with van der Waals surface area (Å²) in [6.45, 7) is 0. The molecule has 0 saturated carbocycles. The zero-order valence-corrected chi connectivity index (χ0v) is 12.5. The zero-order valence-electron chi connectivity index (χ0n) is 10.2. The fourth-order valence-corrected chi connectivity index (χ4v) is 2.02. The third-order valence-electron chi connectivity index (χ3n) is 2.49. The van der Waals surface area contributed by atoms with Gasteiger partial charge in [-0.15, -0.1) is 0 Å². The molecule has 2 aromatic rings. The summed E-state index contributed by atoms with van der Waals surface area (Å²) < 4.78 is 0. The number of amides is 1. The maximum absolute atomic E-state index is 12.1. The summed E-state index contributed by atoms with van der Waals surface area (Å²) in [5, 5.41) is 11.8. The average Bonchev–Trinajstić information content (AvgIpc) is 2.43. The van der Waals surface area contributed by atoms with E-state index in [1.807, 2.05) is 0 Å². The van der Waals surface area contributed by atoms with Crippen molar-refractivity contribution in [3.8, 4) is 0 Å². The molecule has 108 valence electrons. The van der Waals surface area contributed by atoms with Gasteiger partial charge in [0, 0.05) is 0 Å². The molecule has 1 aromatic heterocycles. The summed E-state index contributed by atoms with van der Waals surface area (Å²) >= 11 is 17.5. The van der Waals surface area contributed by atoms with Gasteiger partial charge in [0.2, 0.25) is 0 Å². The van der Waals surface area contributed by atoms with Crippen molar-refractivity contribution in [1.29, 1.82) is 0 Å². The first-order chi connectivity index (χ1) is 9.88. The quantitative estimate of drug-likeness (QED) is 0.824. The number of carboxylic acids is 1. The number of hydrogen-bond acceptors (Lipinski definition) is 3. The molecule has 2 N–H and O–H groups in total. The van der Waals surface area contributed by atoms with Gasteiger partial charge in [-0.25, -0.2) is 9.78 Å². The van der Waals surface area contributed by atoms with Crippen molar-refractivity contribution < 1.29 is 14.7 Å². The largest absolute Gasteiger partial charge is 0.478 e. The van der Waals surface area contributed by atoms with Crippen LogP contribution in [0.2, 0.25) is 15.2 Å². The van der Waals surface area contributed by atoms with E-state index in [1.54, 1.807) is 0 Å². The number of halogens is 3. The Morgan fingerprint density at radius 3 is 2.38 bits per heavy atom. The van der Waals surface area contributed by atoms with Gasteiger partial charge in [0.25, 0.3) is 5.91 Å². The molecule has 0 unspecified atom stereocenters. The van der Waals surface area contributed by atoms with Gasteiger partial charge in [-0.2, -0.15) is 0 Å². The van der Waals surface area contributed by atoms with Crippen molar-refractivity contribution in [3.05, 3.63) is 56.8 Å². The highest BCUT2D eigenvalue weighted by atomic mass is 35.5.